The van der Waals surface area contributed by atoms with Crippen LogP contribution in [0.5, 0.6) is 0 Å². The normalized spacial score (nSPS) is 11.3. The average molecular weight is 335 g/mol. The molecule has 0 atom stereocenters. The highest BCUT2D eigenvalue weighted by Crippen LogP contribution is 2.29. The van der Waals surface area contributed by atoms with E-state index in [1.807, 2.05) is 25.1 Å². The number of carbonyl (C=O) groups is 1. The molecule has 130 valence electrons. The maximum absolute atomic E-state index is 12.6. The molecule has 0 aliphatic heterocycles. The number of para-hydroxylation sites is 1. The van der Waals surface area contributed by atoms with Gasteiger partial charge in [-0.05, 0) is 61.1 Å². The highest BCUT2D eigenvalue weighted by Gasteiger charge is 2.15. The maximum atomic E-state index is 12.6. The van der Waals surface area contributed by atoms with E-state index in [4.69, 9.17) is 4.42 Å². The molecule has 2 aromatic carbocycles. The summed E-state index contributed by atoms with van der Waals surface area (Å²) in [6.07, 6.45) is 2.01. The largest absolute Gasteiger partial charge is 0.464 e. The summed E-state index contributed by atoms with van der Waals surface area (Å²) in [6, 6.07) is 10.3. The smallest absolute Gasteiger partial charge is 0.228 e. The molecule has 3 nitrogen and oxygen atoms in total. The molecule has 0 unspecified atom stereocenters. The predicted octanol–water partition coefficient (Wildman–Crippen LogP) is 5.66. The fourth-order valence-electron chi connectivity index (χ4n) is 3.17. The van der Waals surface area contributed by atoms with Crippen LogP contribution in [0, 0.1) is 20.8 Å². The van der Waals surface area contributed by atoms with E-state index in [-0.39, 0.29) is 5.91 Å². The molecule has 0 saturated heterocycles. The number of nitrogens with one attached hydrogen (secondary N) is 1. The molecular formula is C22H25NO2. The number of hydrogen-bond donors (Lipinski definition) is 1. The zero-order chi connectivity index (χ0) is 18.1. The van der Waals surface area contributed by atoms with Crippen LogP contribution in [0.2, 0.25) is 0 Å². The molecule has 0 saturated carbocycles. The van der Waals surface area contributed by atoms with Gasteiger partial charge in [0.05, 0.1) is 12.7 Å². The van der Waals surface area contributed by atoms with E-state index < -0.39 is 0 Å². The lowest BCUT2D eigenvalue weighted by Gasteiger charge is -2.16. The van der Waals surface area contributed by atoms with Crippen LogP contribution in [0.25, 0.3) is 11.0 Å². The monoisotopic (exact) mass is 335 g/mol. The minimum Gasteiger partial charge on any atom is -0.464 e. The summed E-state index contributed by atoms with van der Waals surface area (Å²) in [5, 5.41) is 4.13. The minimum absolute atomic E-state index is 0.0165. The molecule has 0 bridgehead atoms. The lowest BCUT2D eigenvalue weighted by Crippen LogP contribution is -2.16. The molecule has 3 heteroatoms. The lowest BCUT2D eigenvalue weighted by molar-refractivity contribution is -0.115. The van der Waals surface area contributed by atoms with Crippen LogP contribution < -0.4 is 5.32 Å². The number of amides is 1. The highest BCUT2D eigenvalue weighted by molar-refractivity contribution is 5.96. The minimum atomic E-state index is -0.0165. The zero-order valence-electron chi connectivity index (χ0n) is 15.6. The third-order valence-electron chi connectivity index (χ3n) is 4.81. The van der Waals surface area contributed by atoms with Crippen molar-refractivity contribution in [2.75, 3.05) is 5.32 Å². The predicted molar refractivity (Wildman–Crippen MR) is 103 cm³/mol. The van der Waals surface area contributed by atoms with Crippen LogP contribution in [0.15, 0.2) is 41.0 Å². The summed E-state index contributed by atoms with van der Waals surface area (Å²) in [6.45, 7) is 10.4. The number of hydrogen-bond acceptors (Lipinski definition) is 2. The summed E-state index contributed by atoms with van der Waals surface area (Å²) in [5.74, 6) is 0.340. The van der Waals surface area contributed by atoms with Gasteiger partial charge in [-0.1, -0.05) is 32.0 Å². The Labute approximate surface area is 149 Å². The van der Waals surface area contributed by atoms with Crippen molar-refractivity contribution in [2.45, 2.75) is 47.0 Å². The van der Waals surface area contributed by atoms with Crippen LogP contribution in [0.4, 0.5) is 5.69 Å². The second-order valence-electron chi connectivity index (χ2n) is 7.11. The van der Waals surface area contributed by atoms with Crippen molar-refractivity contribution in [3.8, 4) is 0 Å². The summed E-state index contributed by atoms with van der Waals surface area (Å²) in [7, 11) is 0. The van der Waals surface area contributed by atoms with E-state index in [0.717, 1.165) is 33.3 Å². The van der Waals surface area contributed by atoms with Crippen LogP contribution in [-0.2, 0) is 11.2 Å². The Morgan fingerprint density at radius 3 is 2.52 bits per heavy atom. The summed E-state index contributed by atoms with van der Waals surface area (Å²) in [4.78, 5) is 12.6. The molecule has 0 fully saturated rings. The Balaban J connectivity index is 1.86. The molecule has 25 heavy (non-hydrogen) atoms. The standard InChI is InChI=1S/C22H25NO2/c1-13(2)18-8-6-7-14(3)22(18)23-21(24)11-17-12-25-20-10-16(5)15(4)9-19(17)20/h6-10,12-13H,11H2,1-5H3,(H,23,24). The van der Waals surface area contributed by atoms with Crippen molar-refractivity contribution in [1.29, 1.82) is 0 Å². The van der Waals surface area contributed by atoms with E-state index >= 15 is 0 Å². The SMILES string of the molecule is Cc1cc2occ(CC(=O)Nc3c(C)cccc3C(C)C)c2cc1C. The number of rotatable bonds is 4. The van der Waals surface area contributed by atoms with Gasteiger partial charge in [-0.3, -0.25) is 4.79 Å². The highest BCUT2D eigenvalue weighted by atomic mass is 16.3. The van der Waals surface area contributed by atoms with Crippen LogP contribution in [0.3, 0.4) is 0 Å². The van der Waals surface area contributed by atoms with Crippen molar-refractivity contribution in [1.82, 2.24) is 0 Å². The number of carbonyl (C=O) groups excluding carboxylic acids is 1. The Hall–Kier alpha value is -2.55. The topological polar surface area (TPSA) is 42.2 Å². The second kappa shape index (κ2) is 6.75. The van der Waals surface area contributed by atoms with Gasteiger partial charge in [0, 0.05) is 16.6 Å². The third-order valence-corrected chi connectivity index (χ3v) is 4.81. The number of benzene rings is 2. The fraction of sp³-hybridized carbons (Fsp3) is 0.318. The average Bonchev–Trinajstić information content (AvgIpc) is 2.91. The molecule has 1 N–H and O–H groups in total. The molecular weight excluding hydrogens is 310 g/mol. The molecule has 0 aliphatic carbocycles. The van der Waals surface area contributed by atoms with Gasteiger partial charge in [0.15, 0.2) is 0 Å². The summed E-state index contributed by atoms with van der Waals surface area (Å²) >= 11 is 0. The van der Waals surface area contributed by atoms with Gasteiger partial charge in [-0.2, -0.15) is 0 Å². The van der Waals surface area contributed by atoms with Crippen molar-refractivity contribution >= 4 is 22.6 Å². The molecule has 3 aromatic rings. The van der Waals surface area contributed by atoms with Crippen molar-refractivity contribution in [3.63, 3.8) is 0 Å². The number of anilines is 1. The van der Waals surface area contributed by atoms with Crippen LogP contribution >= 0.6 is 0 Å². The maximum Gasteiger partial charge on any atom is 0.228 e. The van der Waals surface area contributed by atoms with Crippen LogP contribution in [-0.4, -0.2) is 5.91 Å². The second-order valence-corrected chi connectivity index (χ2v) is 7.11. The van der Waals surface area contributed by atoms with E-state index in [9.17, 15) is 4.79 Å². The fourth-order valence-corrected chi connectivity index (χ4v) is 3.17. The first-order valence-electron chi connectivity index (χ1n) is 8.73. The first-order valence-corrected chi connectivity index (χ1v) is 8.73. The molecule has 0 radical (unpaired) electrons. The van der Waals surface area contributed by atoms with Crippen molar-refractivity contribution in [2.24, 2.45) is 0 Å². The van der Waals surface area contributed by atoms with Gasteiger partial charge in [-0.25, -0.2) is 0 Å². The van der Waals surface area contributed by atoms with E-state index in [1.54, 1.807) is 6.26 Å². The zero-order valence-corrected chi connectivity index (χ0v) is 15.6. The summed E-state index contributed by atoms with van der Waals surface area (Å²) < 4.78 is 5.64. The van der Waals surface area contributed by atoms with E-state index in [1.165, 1.54) is 11.1 Å². The van der Waals surface area contributed by atoms with Gasteiger partial charge in [0.25, 0.3) is 0 Å². The first kappa shape index (κ1) is 17.3. The molecule has 3 rings (SSSR count). The summed E-state index contributed by atoms with van der Waals surface area (Å²) in [5.41, 5.74) is 7.35. The number of aryl methyl sites for hydroxylation is 3. The van der Waals surface area contributed by atoms with Crippen LogP contribution in [0.1, 0.15) is 47.6 Å². The first-order chi connectivity index (χ1) is 11.9. The van der Waals surface area contributed by atoms with Gasteiger partial charge in [0.2, 0.25) is 5.91 Å². The van der Waals surface area contributed by atoms with Crippen molar-refractivity contribution < 1.29 is 9.21 Å². The Morgan fingerprint density at radius 2 is 1.80 bits per heavy atom. The third kappa shape index (κ3) is 3.46. The van der Waals surface area contributed by atoms with Gasteiger partial charge in [0.1, 0.15) is 5.58 Å². The van der Waals surface area contributed by atoms with E-state index in [2.05, 4.69) is 45.1 Å². The molecule has 0 spiro atoms. The Morgan fingerprint density at radius 1 is 1.08 bits per heavy atom. The Kier molecular flexibility index (Phi) is 4.67. The van der Waals surface area contributed by atoms with E-state index in [0.29, 0.717) is 12.3 Å². The van der Waals surface area contributed by atoms with Gasteiger partial charge in [-0.15, -0.1) is 0 Å². The van der Waals surface area contributed by atoms with Crippen molar-refractivity contribution in [3.05, 3.63) is 64.4 Å². The quantitative estimate of drug-likeness (QED) is 0.668. The molecule has 0 aliphatic rings. The number of furan rings is 1. The lowest BCUT2D eigenvalue weighted by atomic mass is 9.98. The van der Waals surface area contributed by atoms with Gasteiger partial charge < -0.3 is 9.73 Å². The Bertz CT molecular complexity index is 935. The molecule has 1 heterocycles. The molecule has 1 amide bonds. The molecule has 1 aromatic heterocycles. The van der Waals surface area contributed by atoms with Gasteiger partial charge >= 0.3 is 0 Å². The number of fused-ring (bicyclic) bond motifs is 1.